The molecule has 1 aromatic carbocycles. The molecule has 2 rings (SSSR count). The van der Waals surface area contributed by atoms with Crippen LogP contribution in [0.4, 0.5) is 10.5 Å². The number of carbonyl (C=O) groups is 1. The Labute approximate surface area is 159 Å². The molecule has 0 spiro atoms. The zero-order valence-electron chi connectivity index (χ0n) is 17.8. The number of ether oxygens (including phenoxy) is 2. The van der Waals surface area contributed by atoms with E-state index in [1.807, 2.05) is 58.9 Å². The van der Waals surface area contributed by atoms with Crippen LogP contribution >= 0.6 is 0 Å². The third-order valence-electron chi connectivity index (χ3n) is 3.03. The van der Waals surface area contributed by atoms with Crippen LogP contribution in [0.25, 0.3) is 0 Å². The highest BCUT2D eigenvalue weighted by Crippen LogP contribution is 2.24. The number of benzene rings is 1. The highest BCUT2D eigenvalue weighted by atomic mass is 16.6. The van der Waals surface area contributed by atoms with Gasteiger partial charge in [0, 0.05) is 12.2 Å². The fraction of sp³-hybridized carbons (Fsp3) is 0.667. The van der Waals surface area contributed by atoms with Crippen LogP contribution in [0.1, 0.15) is 67.1 Å². The fourth-order valence-electron chi connectivity index (χ4n) is 2.05. The topological polar surface area (TPSA) is 64.8 Å². The van der Waals surface area contributed by atoms with Gasteiger partial charge in [0.15, 0.2) is 0 Å². The number of morpholine rings is 1. The standard InChI is InChI=1S/C15H22N2O3.C4H10.C2H6/c1-15(2,3)20-14(18)17-8-9-19-13(10-17)11-4-6-12(16)7-5-11;1-4(2)3;1-2/h4-7,13H,8-10,16H2,1-3H3;4H,1-3H3;1-2H3. The Morgan fingerprint density at radius 1 is 1.19 bits per heavy atom. The summed E-state index contributed by atoms with van der Waals surface area (Å²) in [4.78, 5) is 13.8. The molecular weight excluding hydrogens is 328 g/mol. The van der Waals surface area contributed by atoms with Crippen LogP contribution in [0, 0.1) is 5.92 Å². The van der Waals surface area contributed by atoms with E-state index in [0.717, 1.165) is 11.5 Å². The van der Waals surface area contributed by atoms with E-state index >= 15 is 0 Å². The van der Waals surface area contributed by atoms with E-state index < -0.39 is 5.60 Å². The highest BCUT2D eigenvalue weighted by molar-refractivity contribution is 5.68. The molecule has 1 heterocycles. The average Bonchev–Trinajstić information content (AvgIpc) is 2.55. The minimum Gasteiger partial charge on any atom is -0.444 e. The number of carbonyl (C=O) groups excluding carboxylic acids is 1. The van der Waals surface area contributed by atoms with E-state index in [1.54, 1.807) is 4.90 Å². The van der Waals surface area contributed by atoms with Crippen molar-refractivity contribution < 1.29 is 14.3 Å². The monoisotopic (exact) mass is 366 g/mol. The van der Waals surface area contributed by atoms with Gasteiger partial charge in [-0.2, -0.15) is 0 Å². The lowest BCUT2D eigenvalue weighted by Crippen LogP contribution is -2.44. The normalized spacial score (nSPS) is 16.8. The average molecular weight is 367 g/mol. The van der Waals surface area contributed by atoms with Crippen molar-refractivity contribution >= 4 is 11.8 Å². The molecule has 26 heavy (non-hydrogen) atoms. The molecule has 0 saturated carbocycles. The quantitative estimate of drug-likeness (QED) is 0.688. The summed E-state index contributed by atoms with van der Waals surface area (Å²) in [5.41, 5.74) is 6.93. The van der Waals surface area contributed by atoms with Gasteiger partial charge >= 0.3 is 6.09 Å². The van der Waals surface area contributed by atoms with Crippen molar-refractivity contribution in [3.63, 3.8) is 0 Å². The van der Waals surface area contributed by atoms with Gasteiger partial charge in [-0.25, -0.2) is 4.79 Å². The summed E-state index contributed by atoms with van der Waals surface area (Å²) in [7, 11) is 0. The van der Waals surface area contributed by atoms with Gasteiger partial charge in [0.1, 0.15) is 11.7 Å². The van der Waals surface area contributed by atoms with Crippen molar-refractivity contribution in [2.24, 2.45) is 5.92 Å². The second-order valence-corrected chi connectivity index (χ2v) is 7.68. The van der Waals surface area contributed by atoms with E-state index in [4.69, 9.17) is 15.2 Å². The fourth-order valence-corrected chi connectivity index (χ4v) is 2.05. The van der Waals surface area contributed by atoms with E-state index in [-0.39, 0.29) is 12.2 Å². The van der Waals surface area contributed by atoms with Crippen LogP contribution in [-0.4, -0.2) is 36.3 Å². The summed E-state index contributed by atoms with van der Waals surface area (Å²) in [5, 5.41) is 0. The Hall–Kier alpha value is -1.75. The maximum atomic E-state index is 12.1. The molecule has 0 radical (unpaired) electrons. The van der Waals surface area contributed by atoms with Gasteiger partial charge in [0.2, 0.25) is 0 Å². The Balaban J connectivity index is 0.000000920. The van der Waals surface area contributed by atoms with Crippen LogP contribution in [0.5, 0.6) is 0 Å². The molecule has 1 aromatic rings. The Morgan fingerprint density at radius 3 is 2.15 bits per heavy atom. The van der Waals surface area contributed by atoms with Crippen LogP contribution in [0.3, 0.4) is 0 Å². The summed E-state index contributed by atoms with van der Waals surface area (Å²) in [6, 6.07) is 7.54. The maximum absolute atomic E-state index is 12.1. The Morgan fingerprint density at radius 2 is 1.69 bits per heavy atom. The number of nitrogen functional groups attached to an aromatic ring is 1. The van der Waals surface area contributed by atoms with Gasteiger partial charge in [-0.3, -0.25) is 0 Å². The summed E-state index contributed by atoms with van der Waals surface area (Å²) < 4.78 is 11.1. The van der Waals surface area contributed by atoms with Crippen LogP contribution in [-0.2, 0) is 9.47 Å². The molecular formula is C21H38N2O3. The largest absolute Gasteiger partial charge is 0.444 e. The van der Waals surface area contributed by atoms with E-state index in [2.05, 4.69) is 20.8 Å². The third kappa shape index (κ3) is 10.3. The van der Waals surface area contributed by atoms with Gasteiger partial charge in [-0.05, 0) is 44.4 Å². The number of nitrogens with two attached hydrogens (primary N) is 1. The number of amides is 1. The van der Waals surface area contributed by atoms with Gasteiger partial charge < -0.3 is 20.1 Å². The molecule has 1 aliphatic rings. The molecule has 5 nitrogen and oxygen atoms in total. The summed E-state index contributed by atoms with van der Waals surface area (Å²) in [6.07, 6.45) is -0.418. The smallest absolute Gasteiger partial charge is 0.410 e. The van der Waals surface area contributed by atoms with E-state index in [9.17, 15) is 4.79 Å². The molecule has 1 saturated heterocycles. The molecule has 5 heteroatoms. The molecule has 1 amide bonds. The predicted octanol–water partition coefficient (Wildman–Crippen LogP) is 5.27. The molecule has 1 unspecified atom stereocenters. The minimum atomic E-state index is -0.480. The van der Waals surface area contributed by atoms with Crippen molar-refractivity contribution in [3.05, 3.63) is 29.8 Å². The first-order valence-corrected chi connectivity index (χ1v) is 9.53. The summed E-state index contributed by atoms with van der Waals surface area (Å²) in [5.74, 6) is 0.833. The van der Waals surface area contributed by atoms with Crippen LogP contribution in [0.2, 0.25) is 0 Å². The molecule has 0 bridgehead atoms. The number of nitrogens with zero attached hydrogens (tertiary/aromatic N) is 1. The first kappa shape index (κ1) is 24.2. The first-order chi connectivity index (χ1) is 12.1. The lowest BCUT2D eigenvalue weighted by Gasteiger charge is -2.34. The lowest BCUT2D eigenvalue weighted by atomic mass is 10.1. The van der Waals surface area contributed by atoms with E-state index in [0.29, 0.717) is 25.4 Å². The van der Waals surface area contributed by atoms with Crippen molar-refractivity contribution in [1.82, 2.24) is 4.90 Å². The Kier molecular flexibility index (Phi) is 11.0. The van der Waals surface area contributed by atoms with Gasteiger partial charge in [-0.1, -0.05) is 46.8 Å². The number of hydrogen-bond acceptors (Lipinski definition) is 4. The maximum Gasteiger partial charge on any atom is 0.410 e. The SMILES string of the molecule is CC.CC(C)(C)OC(=O)N1CCOC(c2ccc(N)cc2)C1.CC(C)C. The molecule has 1 atom stereocenters. The van der Waals surface area contributed by atoms with Crippen LogP contribution < -0.4 is 5.73 Å². The molecule has 1 fully saturated rings. The highest BCUT2D eigenvalue weighted by Gasteiger charge is 2.28. The second-order valence-electron chi connectivity index (χ2n) is 7.68. The lowest BCUT2D eigenvalue weighted by molar-refractivity contribution is -0.0432. The Bertz CT molecular complexity index is 504. The molecule has 150 valence electrons. The number of rotatable bonds is 1. The first-order valence-electron chi connectivity index (χ1n) is 9.53. The van der Waals surface area contributed by atoms with E-state index in [1.165, 1.54) is 0 Å². The van der Waals surface area contributed by atoms with Crippen LogP contribution in [0.15, 0.2) is 24.3 Å². The summed E-state index contributed by atoms with van der Waals surface area (Å²) >= 11 is 0. The van der Waals surface area contributed by atoms with Gasteiger partial charge in [0.25, 0.3) is 0 Å². The van der Waals surface area contributed by atoms with Crippen molar-refractivity contribution in [2.45, 2.75) is 67.1 Å². The molecule has 2 N–H and O–H groups in total. The third-order valence-corrected chi connectivity index (χ3v) is 3.03. The van der Waals surface area contributed by atoms with Crippen molar-refractivity contribution in [3.8, 4) is 0 Å². The zero-order chi connectivity index (χ0) is 20.3. The molecule has 0 aromatic heterocycles. The van der Waals surface area contributed by atoms with Crippen molar-refractivity contribution in [1.29, 1.82) is 0 Å². The number of anilines is 1. The summed E-state index contributed by atoms with van der Waals surface area (Å²) in [6.45, 7) is 17.7. The second kappa shape index (κ2) is 11.8. The predicted molar refractivity (Wildman–Crippen MR) is 109 cm³/mol. The van der Waals surface area contributed by atoms with Crippen molar-refractivity contribution in [2.75, 3.05) is 25.4 Å². The molecule has 0 aliphatic carbocycles. The van der Waals surface area contributed by atoms with Gasteiger partial charge in [-0.15, -0.1) is 0 Å². The number of hydrogen-bond donors (Lipinski definition) is 1. The zero-order valence-corrected chi connectivity index (χ0v) is 17.8. The minimum absolute atomic E-state index is 0.128. The van der Waals surface area contributed by atoms with Gasteiger partial charge in [0.05, 0.1) is 13.2 Å². The molecule has 1 aliphatic heterocycles.